The van der Waals surface area contributed by atoms with Gasteiger partial charge in [-0.05, 0) is 44.4 Å². The van der Waals surface area contributed by atoms with E-state index in [2.05, 4.69) is 31.2 Å². The lowest BCUT2D eigenvalue weighted by atomic mass is 10.0. The van der Waals surface area contributed by atoms with E-state index in [1.807, 2.05) is 31.5 Å². The lowest BCUT2D eigenvalue weighted by Crippen LogP contribution is -2.43. The van der Waals surface area contributed by atoms with Crippen LogP contribution >= 0.6 is 0 Å². The SMILES string of the molecule is Cc1cc(NC2CCCN(CCc3cccnc3)C2)ncn1. The van der Waals surface area contributed by atoms with Gasteiger partial charge in [0.15, 0.2) is 0 Å². The van der Waals surface area contributed by atoms with E-state index in [-0.39, 0.29) is 0 Å². The molecule has 1 unspecified atom stereocenters. The van der Waals surface area contributed by atoms with Crippen molar-refractivity contribution >= 4 is 5.82 Å². The van der Waals surface area contributed by atoms with Gasteiger partial charge in [-0.2, -0.15) is 0 Å². The molecule has 1 fully saturated rings. The normalized spacial score (nSPS) is 19.0. The monoisotopic (exact) mass is 297 g/mol. The molecule has 2 aromatic heterocycles. The Morgan fingerprint density at radius 3 is 3.14 bits per heavy atom. The van der Waals surface area contributed by atoms with Gasteiger partial charge < -0.3 is 10.2 Å². The summed E-state index contributed by atoms with van der Waals surface area (Å²) in [6.07, 6.45) is 8.91. The number of hydrogen-bond acceptors (Lipinski definition) is 5. The van der Waals surface area contributed by atoms with Crippen LogP contribution in [0.2, 0.25) is 0 Å². The van der Waals surface area contributed by atoms with Gasteiger partial charge in [-0.1, -0.05) is 6.07 Å². The summed E-state index contributed by atoms with van der Waals surface area (Å²) in [5.41, 5.74) is 2.31. The predicted octanol–water partition coefficient (Wildman–Crippen LogP) is 2.30. The molecule has 3 heterocycles. The Bertz CT molecular complexity index is 587. The van der Waals surface area contributed by atoms with Crippen LogP contribution in [0, 0.1) is 6.92 Å². The Morgan fingerprint density at radius 2 is 2.32 bits per heavy atom. The molecular formula is C17H23N5. The molecule has 2 aromatic rings. The molecule has 0 aromatic carbocycles. The van der Waals surface area contributed by atoms with Crippen LogP contribution in [0.4, 0.5) is 5.82 Å². The summed E-state index contributed by atoms with van der Waals surface area (Å²) < 4.78 is 0. The van der Waals surface area contributed by atoms with E-state index in [1.54, 1.807) is 6.33 Å². The minimum absolute atomic E-state index is 0.469. The van der Waals surface area contributed by atoms with Gasteiger partial charge in [-0.3, -0.25) is 4.98 Å². The first-order valence-electron chi connectivity index (χ1n) is 7.96. The average molecular weight is 297 g/mol. The molecule has 0 aliphatic carbocycles. The third-order valence-electron chi connectivity index (χ3n) is 4.10. The number of nitrogens with zero attached hydrogens (tertiary/aromatic N) is 4. The van der Waals surface area contributed by atoms with E-state index in [0.717, 1.165) is 31.0 Å². The molecule has 0 bridgehead atoms. The van der Waals surface area contributed by atoms with Gasteiger partial charge in [-0.15, -0.1) is 0 Å². The van der Waals surface area contributed by atoms with Crippen LogP contribution in [0.25, 0.3) is 0 Å². The van der Waals surface area contributed by atoms with Crippen LogP contribution in [0.15, 0.2) is 36.9 Å². The molecular weight excluding hydrogens is 274 g/mol. The molecule has 1 N–H and O–H groups in total. The fraction of sp³-hybridized carbons (Fsp3) is 0.471. The number of anilines is 1. The topological polar surface area (TPSA) is 53.9 Å². The van der Waals surface area contributed by atoms with Gasteiger partial charge in [0.1, 0.15) is 12.1 Å². The number of hydrogen-bond donors (Lipinski definition) is 1. The zero-order valence-electron chi connectivity index (χ0n) is 13.1. The zero-order valence-corrected chi connectivity index (χ0v) is 13.1. The number of piperidine rings is 1. The van der Waals surface area contributed by atoms with Crippen LogP contribution in [0.3, 0.4) is 0 Å². The lowest BCUT2D eigenvalue weighted by Gasteiger charge is -2.33. The van der Waals surface area contributed by atoms with Gasteiger partial charge in [0.2, 0.25) is 0 Å². The van der Waals surface area contributed by atoms with Crippen molar-refractivity contribution in [3.05, 3.63) is 48.2 Å². The first kappa shape index (κ1) is 14.9. The third-order valence-corrected chi connectivity index (χ3v) is 4.10. The van der Waals surface area contributed by atoms with Crippen molar-refractivity contribution in [2.24, 2.45) is 0 Å². The Morgan fingerprint density at radius 1 is 1.36 bits per heavy atom. The van der Waals surface area contributed by atoms with Crippen LogP contribution in [-0.2, 0) is 6.42 Å². The maximum atomic E-state index is 4.30. The summed E-state index contributed by atoms with van der Waals surface area (Å²) in [5.74, 6) is 0.937. The molecule has 0 spiro atoms. The van der Waals surface area contributed by atoms with Gasteiger partial charge in [-0.25, -0.2) is 9.97 Å². The molecule has 1 aliphatic rings. The quantitative estimate of drug-likeness (QED) is 0.918. The number of likely N-dealkylation sites (tertiary alicyclic amines) is 1. The van der Waals surface area contributed by atoms with Crippen LogP contribution in [0.1, 0.15) is 24.1 Å². The second kappa shape index (κ2) is 7.31. The molecule has 22 heavy (non-hydrogen) atoms. The van der Waals surface area contributed by atoms with Gasteiger partial charge in [0.25, 0.3) is 0 Å². The van der Waals surface area contributed by atoms with Crippen molar-refractivity contribution in [3.8, 4) is 0 Å². The summed E-state index contributed by atoms with van der Waals surface area (Å²) in [4.78, 5) is 15.2. The number of nitrogens with one attached hydrogen (secondary N) is 1. The molecule has 116 valence electrons. The van der Waals surface area contributed by atoms with E-state index in [4.69, 9.17) is 0 Å². The summed E-state index contributed by atoms with van der Waals surface area (Å²) >= 11 is 0. The maximum Gasteiger partial charge on any atom is 0.129 e. The highest BCUT2D eigenvalue weighted by atomic mass is 15.2. The Kier molecular flexibility index (Phi) is 4.96. The fourth-order valence-corrected chi connectivity index (χ4v) is 2.95. The first-order chi connectivity index (χ1) is 10.8. The average Bonchev–Trinajstić information content (AvgIpc) is 2.54. The van der Waals surface area contributed by atoms with Crippen LogP contribution < -0.4 is 5.32 Å². The number of rotatable bonds is 5. The van der Waals surface area contributed by atoms with Crippen molar-refractivity contribution in [3.63, 3.8) is 0 Å². The Balaban J connectivity index is 1.51. The van der Waals surface area contributed by atoms with Crippen LogP contribution in [-0.4, -0.2) is 45.5 Å². The minimum Gasteiger partial charge on any atom is -0.366 e. The number of aromatic nitrogens is 3. The van der Waals surface area contributed by atoms with Gasteiger partial charge >= 0.3 is 0 Å². The first-order valence-corrected chi connectivity index (χ1v) is 7.96. The summed E-state index contributed by atoms with van der Waals surface area (Å²) in [7, 11) is 0. The largest absolute Gasteiger partial charge is 0.366 e. The molecule has 5 heteroatoms. The second-order valence-electron chi connectivity index (χ2n) is 5.94. The van der Waals surface area contributed by atoms with Crippen molar-refractivity contribution in [1.29, 1.82) is 0 Å². The summed E-state index contributed by atoms with van der Waals surface area (Å²) in [5, 5.41) is 3.54. The molecule has 0 saturated carbocycles. The lowest BCUT2D eigenvalue weighted by molar-refractivity contribution is 0.218. The Labute approximate surface area is 131 Å². The van der Waals surface area contributed by atoms with Crippen molar-refractivity contribution in [2.45, 2.75) is 32.2 Å². The van der Waals surface area contributed by atoms with E-state index in [0.29, 0.717) is 6.04 Å². The highest BCUT2D eigenvalue weighted by molar-refractivity contribution is 5.35. The van der Waals surface area contributed by atoms with Crippen molar-refractivity contribution in [2.75, 3.05) is 25.0 Å². The molecule has 0 amide bonds. The summed E-state index contributed by atoms with van der Waals surface area (Å²) in [6.45, 7) is 5.34. The zero-order chi connectivity index (χ0) is 15.2. The standard InChI is InChI=1S/C17H23N5/c1-14-10-17(20-13-19-14)21-16-5-3-8-22(12-16)9-6-15-4-2-7-18-11-15/h2,4,7,10-11,13,16H,3,5-6,8-9,12H2,1H3,(H,19,20,21). The highest BCUT2D eigenvalue weighted by Crippen LogP contribution is 2.15. The second-order valence-corrected chi connectivity index (χ2v) is 5.94. The molecule has 1 aliphatic heterocycles. The van der Waals surface area contributed by atoms with E-state index in [1.165, 1.54) is 24.9 Å². The van der Waals surface area contributed by atoms with E-state index in [9.17, 15) is 0 Å². The minimum atomic E-state index is 0.469. The van der Waals surface area contributed by atoms with Crippen molar-refractivity contribution < 1.29 is 0 Å². The summed E-state index contributed by atoms with van der Waals surface area (Å²) in [6, 6.07) is 6.63. The molecule has 1 atom stereocenters. The van der Waals surface area contributed by atoms with Gasteiger partial charge in [0.05, 0.1) is 0 Å². The highest BCUT2D eigenvalue weighted by Gasteiger charge is 2.19. The number of aryl methyl sites for hydroxylation is 1. The van der Waals surface area contributed by atoms with E-state index < -0.39 is 0 Å². The van der Waals surface area contributed by atoms with Crippen LogP contribution in [0.5, 0.6) is 0 Å². The molecule has 0 radical (unpaired) electrons. The molecule has 5 nitrogen and oxygen atoms in total. The maximum absolute atomic E-state index is 4.30. The van der Waals surface area contributed by atoms with Gasteiger partial charge in [0, 0.05) is 43.3 Å². The van der Waals surface area contributed by atoms with E-state index >= 15 is 0 Å². The van der Waals surface area contributed by atoms with Crippen molar-refractivity contribution in [1.82, 2.24) is 19.9 Å². The smallest absolute Gasteiger partial charge is 0.129 e. The Hall–Kier alpha value is -2.01. The molecule has 1 saturated heterocycles. The molecule has 3 rings (SSSR count). The number of pyridine rings is 1. The predicted molar refractivity (Wildman–Crippen MR) is 87.8 cm³/mol. The third kappa shape index (κ3) is 4.24. The fourth-order valence-electron chi connectivity index (χ4n) is 2.95.